The van der Waals surface area contributed by atoms with Gasteiger partial charge in [-0.3, -0.25) is 0 Å². The molecule has 16 heavy (non-hydrogen) atoms. The lowest BCUT2D eigenvalue weighted by Gasteiger charge is -2.15. The molecule has 2 nitrogen and oxygen atoms in total. The van der Waals surface area contributed by atoms with Crippen LogP contribution in [0.5, 0.6) is 0 Å². The third kappa shape index (κ3) is 4.29. The first-order chi connectivity index (χ1) is 7.49. The summed E-state index contributed by atoms with van der Waals surface area (Å²) >= 11 is 0. The molecule has 0 saturated heterocycles. The number of halogens is 1. The number of rotatable bonds is 5. The predicted octanol–water partition coefficient (Wildman–Crippen LogP) is 2.38. The first-order valence-electron chi connectivity index (χ1n) is 5.65. The van der Waals surface area contributed by atoms with Gasteiger partial charge < -0.3 is 10.4 Å². The van der Waals surface area contributed by atoms with E-state index in [0.717, 1.165) is 5.56 Å². The van der Waals surface area contributed by atoms with Crippen molar-refractivity contribution >= 4 is 0 Å². The van der Waals surface area contributed by atoms with Gasteiger partial charge in [-0.15, -0.1) is 0 Å². The van der Waals surface area contributed by atoms with Gasteiger partial charge in [0.2, 0.25) is 0 Å². The maximum absolute atomic E-state index is 13.2. The minimum absolute atomic E-state index is 0.164. The van der Waals surface area contributed by atoms with Gasteiger partial charge in [0, 0.05) is 12.6 Å². The van der Waals surface area contributed by atoms with E-state index in [-0.39, 0.29) is 18.0 Å². The van der Waals surface area contributed by atoms with Gasteiger partial charge in [0.25, 0.3) is 0 Å². The summed E-state index contributed by atoms with van der Waals surface area (Å²) in [5, 5.41) is 12.5. The summed E-state index contributed by atoms with van der Waals surface area (Å²) in [5.41, 5.74) is 1.60. The fourth-order valence-electron chi connectivity index (χ4n) is 1.63. The Balaban J connectivity index is 2.45. The van der Waals surface area contributed by atoms with Crippen LogP contribution in [0.25, 0.3) is 0 Å². The van der Waals surface area contributed by atoms with E-state index in [4.69, 9.17) is 0 Å². The normalized spacial score (nSPS) is 14.8. The number of aryl methyl sites for hydroxylation is 1. The second-order valence-electron chi connectivity index (χ2n) is 4.45. The Bertz CT molecular complexity index is 339. The zero-order chi connectivity index (χ0) is 12.1. The molecule has 3 heteroatoms. The molecule has 0 aliphatic carbocycles. The van der Waals surface area contributed by atoms with Crippen LogP contribution in [0, 0.1) is 12.7 Å². The Morgan fingerprint density at radius 2 is 2.06 bits per heavy atom. The molecule has 0 heterocycles. The number of benzene rings is 1. The van der Waals surface area contributed by atoms with E-state index < -0.39 is 0 Å². The lowest BCUT2D eigenvalue weighted by Crippen LogP contribution is -2.28. The van der Waals surface area contributed by atoms with E-state index in [1.807, 2.05) is 13.0 Å². The van der Waals surface area contributed by atoms with Gasteiger partial charge in [-0.1, -0.05) is 12.1 Å². The largest absolute Gasteiger partial charge is 0.393 e. The Morgan fingerprint density at radius 3 is 2.62 bits per heavy atom. The third-order valence-corrected chi connectivity index (χ3v) is 2.59. The van der Waals surface area contributed by atoms with Crippen LogP contribution in [0.1, 0.15) is 31.4 Å². The predicted molar refractivity (Wildman–Crippen MR) is 63.7 cm³/mol. The molecule has 90 valence electrons. The molecule has 0 aliphatic heterocycles. The zero-order valence-electron chi connectivity index (χ0n) is 10.1. The van der Waals surface area contributed by atoms with Crippen molar-refractivity contribution in [1.29, 1.82) is 0 Å². The van der Waals surface area contributed by atoms with Crippen molar-refractivity contribution in [1.82, 2.24) is 5.32 Å². The van der Waals surface area contributed by atoms with Gasteiger partial charge in [-0.2, -0.15) is 0 Å². The molecule has 2 atom stereocenters. The van der Waals surface area contributed by atoms with Gasteiger partial charge >= 0.3 is 0 Å². The summed E-state index contributed by atoms with van der Waals surface area (Å²) in [4.78, 5) is 0. The average Bonchev–Trinajstić information content (AvgIpc) is 2.19. The van der Waals surface area contributed by atoms with Gasteiger partial charge in [0.05, 0.1) is 6.10 Å². The van der Waals surface area contributed by atoms with E-state index in [9.17, 15) is 9.50 Å². The molecule has 2 unspecified atom stereocenters. The fraction of sp³-hybridized carbons (Fsp3) is 0.538. The van der Waals surface area contributed by atoms with Gasteiger partial charge in [0.15, 0.2) is 0 Å². The Kier molecular flexibility index (Phi) is 4.90. The molecule has 0 radical (unpaired) electrons. The molecule has 0 bridgehead atoms. The van der Waals surface area contributed by atoms with Crippen LogP contribution in [-0.2, 0) is 6.54 Å². The van der Waals surface area contributed by atoms with Gasteiger partial charge in [0.1, 0.15) is 5.82 Å². The Labute approximate surface area is 96.5 Å². The summed E-state index contributed by atoms with van der Waals surface area (Å²) in [5.74, 6) is -0.164. The van der Waals surface area contributed by atoms with E-state index in [0.29, 0.717) is 18.5 Å². The Hall–Kier alpha value is -0.930. The van der Waals surface area contributed by atoms with E-state index in [1.165, 1.54) is 0 Å². The topological polar surface area (TPSA) is 32.3 Å². The number of aliphatic hydroxyl groups is 1. The van der Waals surface area contributed by atoms with Crippen molar-refractivity contribution in [3.8, 4) is 0 Å². The van der Waals surface area contributed by atoms with Crippen LogP contribution >= 0.6 is 0 Å². The van der Waals surface area contributed by atoms with Crippen molar-refractivity contribution in [2.75, 3.05) is 0 Å². The maximum atomic E-state index is 13.2. The van der Waals surface area contributed by atoms with Crippen LogP contribution < -0.4 is 5.32 Å². The first-order valence-corrected chi connectivity index (χ1v) is 5.65. The first kappa shape index (κ1) is 13.1. The zero-order valence-corrected chi connectivity index (χ0v) is 10.1. The minimum atomic E-state index is -0.308. The number of nitrogens with one attached hydrogen (secondary N) is 1. The second-order valence-corrected chi connectivity index (χ2v) is 4.45. The monoisotopic (exact) mass is 225 g/mol. The SMILES string of the molecule is Cc1ccc(CNC(C)CC(C)O)cc1F. The van der Waals surface area contributed by atoms with E-state index >= 15 is 0 Å². The molecule has 0 aliphatic rings. The van der Waals surface area contributed by atoms with Crippen LogP contribution in [-0.4, -0.2) is 17.3 Å². The summed E-state index contributed by atoms with van der Waals surface area (Å²) in [7, 11) is 0. The number of aliphatic hydroxyl groups excluding tert-OH is 1. The van der Waals surface area contributed by atoms with Crippen molar-refractivity contribution in [2.24, 2.45) is 0 Å². The summed E-state index contributed by atoms with van der Waals surface area (Å²) < 4.78 is 13.2. The van der Waals surface area contributed by atoms with Crippen molar-refractivity contribution in [2.45, 2.75) is 45.9 Å². The molecule has 2 N–H and O–H groups in total. The Morgan fingerprint density at radius 1 is 1.38 bits per heavy atom. The quantitative estimate of drug-likeness (QED) is 0.806. The lowest BCUT2D eigenvalue weighted by molar-refractivity contribution is 0.170. The smallest absolute Gasteiger partial charge is 0.126 e. The van der Waals surface area contributed by atoms with Crippen LogP contribution in [0.2, 0.25) is 0 Å². The van der Waals surface area contributed by atoms with Crippen molar-refractivity contribution < 1.29 is 9.50 Å². The molecule has 0 saturated carbocycles. The lowest BCUT2D eigenvalue weighted by atomic mass is 10.1. The maximum Gasteiger partial charge on any atom is 0.126 e. The highest BCUT2D eigenvalue weighted by molar-refractivity contribution is 5.23. The minimum Gasteiger partial charge on any atom is -0.393 e. The molecular weight excluding hydrogens is 205 g/mol. The van der Waals surface area contributed by atoms with E-state index in [2.05, 4.69) is 5.32 Å². The van der Waals surface area contributed by atoms with Crippen molar-refractivity contribution in [3.05, 3.63) is 35.1 Å². The highest BCUT2D eigenvalue weighted by Gasteiger charge is 2.06. The molecule has 0 amide bonds. The highest BCUT2D eigenvalue weighted by atomic mass is 19.1. The summed E-state index contributed by atoms with van der Waals surface area (Å²) in [6.07, 6.45) is 0.395. The molecular formula is C13H20FNO. The second kappa shape index (κ2) is 5.97. The van der Waals surface area contributed by atoms with Gasteiger partial charge in [-0.25, -0.2) is 4.39 Å². The summed E-state index contributed by atoms with van der Waals surface area (Å²) in [6.45, 7) is 6.16. The standard InChI is InChI=1S/C13H20FNO/c1-9-4-5-12(7-13(9)14)8-15-10(2)6-11(3)16/h4-5,7,10-11,15-16H,6,8H2,1-3H3. The van der Waals surface area contributed by atoms with Crippen LogP contribution in [0.15, 0.2) is 18.2 Å². The fourth-order valence-corrected chi connectivity index (χ4v) is 1.63. The molecule has 1 aromatic carbocycles. The van der Waals surface area contributed by atoms with Crippen molar-refractivity contribution in [3.63, 3.8) is 0 Å². The van der Waals surface area contributed by atoms with Crippen LogP contribution in [0.4, 0.5) is 4.39 Å². The molecule has 0 fully saturated rings. The van der Waals surface area contributed by atoms with Gasteiger partial charge in [-0.05, 0) is 44.4 Å². The third-order valence-electron chi connectivity index (χ3n) is 2.59. The molecule has 0 spiro atoms. The highest BCUT2D eigenvalue weighted by Crippen LogP contribution is 2.09. The van der Waals surface area contributed by atoms with Crippen LogP contribution in [0.3, 0.4) is 0 Å². The average molecular weight is 225 g/mol. The number of hydrogen-bond donors (Lipinski definition) is 2. The molecule has 1 rings (SSSR count). The van der Waals surface area contributed by atoms with E-state index in [1.54, 1.807) is 26.0 Å². The summed E-state index contributed by atoms with van der Waals surface area (Å²) in [6, 6.07) is 5.48. The molecule has 0 aromatic heterocycles. The molecule has 1 aromatic rings. The number of hydrogen-bond acceptors (Lipinski definition) is 2.